The Labute approximate surface area is 48.2 Å². The Morgan fingerprint density at radius 3 is 2.29 bits per heavy atom. The Hall–Kier alpha value is 0.130. The van der Waals surface area contributed by atoms with Crippen LogP contribution < -0.4 is 0 Å². The van der Waals surface area contributed by atoms with Crippen LogP contribution >= 0.6 is 0 Å². The molecule has 0 nitrogen and oxygen atoms in total. The van der Waals surface area contributed by atoms with Crippen LogP contribution in [0.5, 0.6) is 0 Å². The van der Waals surface area contributed by atoms with E-state index in [9.17, 15) is 0 Å². The summed E-state index contributed by atoms with van der Waals surface area (Å²) < 4.78 is 0. The van der Waals surface area contributed by atoms with E-state index in [1.807, 2.05) is 0 Å². The molecule has 1 atom stereocenters. The third-order valence-corrected chi connectivity index (χ3v) is 1.48. The summed E-state index contributed by atoms with van der Waals surface area (Å²) in [7, 11) is 2.74. The lowest BCUT2D eigenvalue weighted by Crippen LogP contribution is -2.03. The van der Waals surface area contributed by atoms with Gasteiger partial charge in [-0.15, -0.1) is 0 Å². The molecule has 0 bridgehead atoms. The van der Waals surface area contributed by atoms with Crippen molar-refractivity contribution in [2.24, 2.45) is 0 Å². The molecule has 0 saturated heterocycles. The first-order valence-corrected chi connectivity index (χ1v) is 3.31. The van der Waals surface area contributed by atoms with Crippen molar-refractivity contribution in [2.75, 3.05) is 0 Å². The lowest BCUT2D eigenvalue weighted by molar-refractivity contribution is 0.877. The summed E-state index contributed by atoms with van der Waals surface area (Å²) in [5, 5.41) is 0. The molecule has 0 amide bonds. The summed E-state index contributed by atoms with van der Waals surface area (Å²) in [6.45, 7) is 6.80. The van der Waals surface area contributed by atoms with Crippen molar-refractivity contribution in [1.29, 1.82) is 0 Å². The summed E-state index contributed by atoms with van der Waals surface area (Å²) in [4.78, 5) is 0. The molecule has 0 aromatic heterocycles. The van der Waals surface area contributed by atoms with Crippen molar-refractivity contribution in [1.82, 2.24) is 0 Å². The summed E-state index contributed by atoms with van der Waals surface area (Å²) in [6.07, 6.45) is 1.34. The third kappa shape index (κ3) is 3.97. The fourth-order valence-electron chi connectivity index (χ4n) is 0.697. The van der Waals surface area contributed by atoms with Gasteiger partial charge in [-0.1, -0.05) is 32.9 Å². The van der Waals surface area contributed by atoms with Gasteiger partial charge >= 0.3 is 0 Å². The van der Waals surface area contributed by atoms with Gasteiger partial charge < -0.3 is 0 Å². The Morgan fingerprint density at radius 2 is 2.14 bits per heavy atom. The summed E-state index contributed by atoms with van der Waals surface area (Å²) >= 11 is 0. The maximum Gasteiger partial charge on any atom is 0.0897 e. The number of hydrogen-bond donors (Lipinski definition) is 0. The molecule has 0 radical (unpaired) electrons. The highest BCUT2D eigenvalue weighted by atomic mass is 13.8. The van der Waals surface area contributed by atoms with Gasteiger partial charge in [0.1, 0.15) is 0 Å². The van der Waals surface area contributed by atoms with E-state index in [0.717, 1.165) is 5.82 Å². The molecule has 0 N–H and O–H groups in total. The van der Waals surface area contributed by atoms with Crippen LogP contribution in [0.2, 0.25) is 12.6 Å². The minimum absolute atomic E-state index is 0.949. The van der Waals surface area contributed by atoms with Crippen molar-refractivity contribution in [3.05, 3.63) is 0 Å². The molecule has 2 heteroatoms. The zero-order valence-electron chi connectivity index (χ0n) is 5.70. The number of hydrogen-bond acceptors (Lipinski definition) is 0. The van der Waals surface area contributed by atoms with Crippen LogP contribution in [0.25, 0.3) is 0 Å². The molecule has 0 aromatic carbocycles. The van der Waals surface area contributed by atoms with E-state index in [1.165, 1.54) is 20.8 Å². The largest absolute Gasteiger partial charge is 0.0958 e. The van der Waals surface area contributed by atoms with Gasteiger partial charge in [0.15, 0.2) is 0 Å². The molecule has 1 unspecified atom stereocenters. The minimum atomic E-state index is 0.949. The van der Waals surface area contributed by atoms with Crippen molar-refractivity contribution < 1.29 is 0 Å². The van der Waals surface area contributed by atoms with Crippen LogP contribution in [0.3, 0.4) is 0 Å². The molecular formula is C5H14B2. The standard InChI is InChI=1S/C5H14B2/c1-4-5(2)7-6-3/h5-7H,4H2,1-3H3. The van der Waals surface area contributed by atoms with E-state index in [-0.39, 0.29) is 0 Å². The van der Waals surface area contributed by atoms with E-state index in [4.69, 9.17) is 0 Å². The Kier molecular flexibility index (Phi) is 4.37. The highest BCUT2D eigenvalue weighted by Crippen LogP contribution is 2.03. The van der Waals surface area contributed by atoms with Gasteiger partial charge in [0.2, 0.25) is 0 Å². The second-order valence-electron chi connectivity index (χ2n) is 2.30. The normalized spacial score (nSPS) is 13.0. The summed E-state index contributed by atoms with van der Waals surface area (Å²) in [5.41, 5.74) is 0. The van der Waals surface area contributed by atoms with Crippen LogP contribution in [-0.4, -0.2) is 14.3 Å². The molecule has 0 heterocycles. The first-order chi connectivity index (χ1) is 3.31. The molecular weight excluding hydrogens is 81.7 g/mol. The summed E-state index contributed by atoms with van der Waals surface area (Å²) in [5.74, 6) is 0.949. The van der Waals surface area contributed by atoms with Crippen LogP contribution in [0.15, 0.2) is 0 Å². The van der Waals surface area contributed by atoms with E-state index < -0.39 is 0 Å². The predicted molar refractivity (Wildman–Crippen MR) is 39.9 cm³/mol. The smallest absolute Gasteiger partial charge is 0.0897 e. The van der Waals surface area contributed by atoms with Crippen LogP contribution in [0, 0.1) is 0 Å². The molecule has 0 spiro atoms. The van der Waals surface area contributed by atoms with Crippen LogP contribution in [0.1, 0.15) is 20.3 Å². The zero-order valence-corrected chi connectivity index (χ0v) is 5.70. The third-order valence-electron chi connectivity index (χ3n) is 1.48. The molecule has 0 aliphatic carbocycles. The van der Waals surface area contributed by atoms with Crippen molar-refractivity contribution in [3.8, 4) is 0 Å². The van der Waals surface area contributed by atoms with Crippen LogP contribution in [-0.2, 0) is 0 Å². The quantitative estimate of drug-likeness (QED) is 0.460. The average molecular weight is 95.8 g/mol. The van der Waals surface area contributed by atoms with E-state index in [1.54, 1.807) is 0 Å². The monoisotopic (exact) mass is 96.1 g/mol. The lowest BCUT2D eigenvalue weighted by Gasteiger charge is -1.99. The second-order valence-corrected chi connectivity index (χ2v) is 2.30. The molecule has 0 rings (SSSR count). The number of rotatable bonds is 3. The fourth-order valence-corrected chi connectivity index (χ4v) is 0.697. The van der Waals surface area contributed by atoms with Gasteiger partial charge in [-0.3, -0.25) is 0 Å². The topological polar surface area (TPSA) is 0 Å². The highest BCUT2D eigenvalue weighted by molar-refractivity contribution is 7.00. The van der Waals surface area contributed by atoms with E-state index in [0.29, 0.717) is 0 Å². The van der Waals surface area contributed by atoms with Gasteiger partial charge in [-0.05, 0) is 0 Å². The van der Waals surface area contributed by atoms with Gasteiger partial charge in [0, 0.05) is 0 Å². The molecule has 0 fully saturated rings. The summed E-state index contributed by atoms with van der Waals surface area (Å²) in [6, 6.07) is 0. The Bertz CT molecular complexity index is 37.1. The zero-order chi connectivity index (χ0) is 5.70. The first kappa shape index (κ1) is 7.13. The van der Waals surface area contributed by atoms with E-state index >= 15 is 0 Å². The molecule has 40 valence electrons. The van der Waals surface area contributed by atoms with Gasteiger partial charge in [-0.25, -0.2) is 0 Å². The molecule has 0 aromatic rings. The first-order valence-electron chi connectivity index (χ1n) is 3.31. The predicted octanol–water partition coefficient (Wildman–Crippen LogP) is 1.04. The Morgan fingerprint density at radius 1 is 1.57 bits per heavy atom. The van der Waals surface area contributed by atoms with Gasteiger partial charge in [0.05, 0.1) is 14.3 Å². The molecule has 0 aliphatic rings. The van der Waals surface area contributed by atoms with Gasteiger partial charge in [0.25, 0.3) is 0 Å². The molecule has 0 saturated carbocycles. The van der Waals surface area contributed by atoms with Crippen molar-refractivity contribution in [3.63, 3.8) is 0 Å². The average Bonchev–Trinajstić information content (AvgIpc) is 1.68. The Balaban J connectivity index is 2.83. The van der Waals surface area contributed by atoms with Crippen molar-refractivity contribution in [2.45, 2.75) is 32.9 Å². The fraction of sp³-hybridized carbons (Fsp3) is 1.00. The van der Waals surface area contributed by atoms with E-state index in [2.05, 4.69) is 20.7 Å². The van der Waals surface area contributed by atoms with Gasteiger partial charge in [-0.2, -0.15) is 0 Å². The lowest BCUT2D eigenvalue weighted by atomic mass is 9.35. The molecule has 0 aliphatic heterocycles. The highest BCUT2D eigenvalue weighted by Gasteiger charge is 1.96. The maximum absolute atomic E-state index is 2.31. The maximum atomic E-state index is 2.31. The second kappa shape index (κ2) is 4.29. The van der Waals surface area contributed by atoms with Crippen molar-refractivity contribution >= 4 is 14.3 Å². The van der Waals surface area contributed by atoms with Crippen LogP contribution in [0.4, 0.5) is 0 Å². The molecule has 7 heavy (non-hydrogen) atoms. The minimum Gasteiger partial charge on any atom is -0.0958 e. The SMILES string of the molecule is CBBC(C)CC.